The van der Waals surface area contributed by atoms with Gasteiger partial charge in [-0.3, -0.25) is 9.69 Å². The molecule has 4 rings (SSSR count). The summed E-state index contributed by atoms with van der Waals surface area (Å²) in [6.07, 6.45) is 2.25. The molecule has 1 atom stereocenters. The number of anilines is 1. The van der Waals surface area contributed by atoms with Gasteiger partial charge in [-0.25, -0.2) is 8.42 Å². The van der Waals surface area contributed by atoms with Crippen molar-refractivity contribution in [2.24, 2.45) is 5.41 Å². The summed E-state index contributed by atoms with van der Waals surface area (Å²) >= 11 is 0. The van der Waals surface area contributed by atoms with Crippen LogP contribution in [0.5, 0.6) is 5.75 Å². The van der Waals surface area contributed by atoms with Crippen LogP contribution in [0.25, 0.3) is 0 Å². The van der Waals surface area contributed by atoms with E-state index in [1.165, 1.54) is 0 Å². The predicted molar refractivity (Wildman–Crippen MR) is 120 cm³/mol. The number of rotatable bonds is 5. The Labute approximate surface area is 184 Å². The van der Waals surface area contributed by atoms with E-state index in [0.717, 1.165) is 31.5 Å². The van der Waals surface area contributed by atoms with Gasteiger partial charge in [0.2, 0.25) is 15.9 Å². The molecule has 1 unspecified atom stereocenters. The highest BCUT2D eigenvalue weighted by Gasteiger charge is 2.47. The first-order valence-corrected chi connectivity index (χ1v) is 12.0. The molecular weight excluding hydrogens is 414 g/mol. The number of likely N-dealkylation sites (tertiary alicyclic amines) is 1. The Morgan fingerprint density at radius 1 is 1.06 bits per heavy atom. The van der Waals surface area contributed by atoms with Crippen LogP contribution in [0.15, 0.2) is 59.5 Å². The summed E-state index contributed by atoms with van der Waals surface area (Å²) in [5.41, 5.74) is 0.765. The fourth-order valence-corrected chi connectivity index (χ4v) is 6.21. The highest BCUT2D eigenvalue weighted by atomic mass is 32.2. The van der Waals surface area contributed by atoms with E-state index in [4.69, 9.17) is 4.74 Å². The molecule has 0 radical (unpaired) electrons. The fourth-order valence-electron chi connectivity index (χ4n) is 4.77. The van der Waals surface area contributed by atoms with Gasteiger partial charge in [0.25, 0.3) is 0 Å². The van der Waals surface area contributed by atoms with Crippen molar-refractivity contribution in [2.45, 2.75) is 30.2 Å². The Balaban J connectivity index is 1.40. The molecule has 2 aromatic rings. The van der Waals surface area contributed by atoms with E-state index in [-0.39, 0.29) is 22.3 Å². The van der Waals surface area contributed by atoms with E-state index < -0.39 is 10.0 Å². The lowest BCUT2D eigenvalue weighted by Crippen LogP contribution is -2.44. The van der Waals surface area contributed by atoms with Gasteiger partial charge in [-0.2, -0.15) is 4.31 Å². The number of nitrogens with one attached hydrogen (secondary N) is 1. The maximum Gasteiger partial charge on any atom is 0.243 e. The number of carbonyl (C=O) groups is 1. The maximum absolute atomic E-state index is 13.0. The zero-order valence-electron chi connectivity index (χ0n) is 18.0. The number of hydrogen-bond acceptors (Lipinski definition) is 5. The average Bonchev–Trinajstić information content (AvgIpc) is 3.10. The second kappa shape index (κ2) is 8.61. The fraction of sp³-hybridized carbons (Fsp3) is 0.435. The minimum atomic E-state index is -3.53. The Morgan fingerprint density at radius 2 is 1.71 bits per heavy atom. The summed E-state index contributed by atoms with van der Waals surface area (Å²) in [5, 5.41) is 3.00. The normalized spacial score (nSPS) is 21.8. The number of nitrogens with zero attached hydrogens (tertiary/aromatic N) is 2. The Bertz CT molecular complexity index is 1020. The topological polar surface area (TPSA) is 79.0 Å². The van der Waals surface area contributed by atoms with Crippen LogP contribution in [-0.2, 0) is 14.8 Å². The molecule has 2 aliphatic heterocycles. The molecule has 2 aliphatic rings. The summed E-state index contributed by atoms with van der Waals surface area (Å²) in [7, 11) is -0.000621. The highest BCUT2D eigenvalue weighted by Crippen LogP contribution is 2.44. The van der Waals surface area contributed by atoms with Gasteiger partial charge in [0.1, 0.15) is 5.75 Å². The molecule has 1 amide bonds. The van der Waals surface area contributed by atoms with E-state index >= 15 is 0 Å². The van der Waals surface area contributed by atoms with Crippen LogP contribution in [0.3, 0.4) is 0 Å². The number of para-hydroxylation sites is 1. The summed E-state index contributed by atoms with van der Waals surface area (Å²) < 4.78 is 32.8. The highest BCUT2D eigenvalue weighted by molar-refractivity contribution is 7.89. The van der Waals surface area contributed by atoms with Crippen molar-refractivity contribution < 1.29 is 17.9 Å². The number of benzene rings is 2. The Morgan fingerprint density at radius 3 is 2.32 bits per heavy atom. The lowest BCUT2D eigenvalue weighted by molar-refractivity contribution is -0.120. The largest absolute Gasteiger partial charge is 0.497 e. The summed E-state index contributed by atoms with van der Waals surface area (Å²) in [4.78, 5) is 15.2. The van der Waals surface area contributed by atoms with Crippen molar-refractivity contribution in [3.63, 3.8) is 0 Å². The second-order valence-corrected chi connectivity index (χ2v) is 10.5. The summed E-state index contributed by atoms with van der Waals surface area (Å²) in [6, 6.07) is 15.8. The first kappa shape index (κ1) is 21.8. The Hall–Kier alpha value is -2.42. The van der Waals surface area contributed by atoms with Gasteiger partial charge in [0.15, 0.2) is 0 Å². The van der Waals surface area contributed by atoms with Crippen LogP contribution < -0.4 is 10.1 Å². The summed E-state index contributed by atoms with van der Waals surface area (Å²) in [6.45, 7) is 1.74. The number of sulfonamides is 1. The molecule has 2 heterocycles. The molecule has 0 saturated carbocycles. The standard InChI is InChI=1S/C23H29N3O4S/c1-25-17-23(16-21(25)22(27)24-18-6-4-3-5-7-18)12-14-26(15-13-23)31(28,29)20-10-8-19(30-2)9-11-20/h3-11,21H,12-17H2,1-2H3,(H,24,27). The van der Waals surface area contributed by atoms with Crippen LogP contribution >= 0.6 is 0 Å². The molecule has 0 bridgehead atoms. The van der Waals surface area contributed by atoms with Gasteiger partial charge >= 0.3 is 0 Å². The second-order valence-electron chi connectivity index (χ2n) is 8.57. The predicted octanol–water partition coefficient (Wildman–Crippen LogP) is 2.81. The molecule has 0 aromatic heterocycles. The van der Waals surface area contributed by atoms with Crippen molar-refractivity contribution in [3.8, 4) is 5.75 Å². The Kier molecular flexibility index (Phi) is 6.05. The van der Waals surface area contributed by atoms with E-state index in [1.807, 2.05) is 37.4 Å². The molecule has 2 aromatic carbocycles. The monoisotopic (exact) mass is 443 g/mol. The van der Waals surface area contributed by atoms with Gasteiger partial charge in [-0.1, -0.05) is 18.2 Å². The van der Waals surface area contributed by atoms with Crippen LogP contribution in [0, 0.1) is 5.41 Å². The number of carbonyl (C=O) groups excluding carboxylic acids is 1. The van der Waals surface area contributed by atoms with E-state index in [0.29, 0.717) is 18.8 Å². The molecule has 0 aliphatic carbocycles. The van der Waals surface area contributed by atoms with Crippen molar-refractivity contribution in [1.82, 2.24) is 9.21 Å². The SMILES string of the molecule is COc1ccc(S(=O)(=O)N2CCC3(CC2)CC(C(=O)Nc2ccccc2)N(C)C3)cc1. The quantitative estimate of drug-likeness (QED) is 0.769. The molecule has 2 fully saturated rings. The van der Waals surface area contributed by atoms with Gasteiger partial charge in [-0.05, 0) is 68.1 Å². The third kappa shape index (κ3) is 4.46. The maximum atomic E-state index is 13.0. The van der Waals surface area contributed by atoms with Gasteiger partial charge in [0.05, 0.1) is 18.0 Å². The lowest BCUT2D eigenvalue weighted by atomic mass is 9.77. The number of hydrogen-bond donors (Lipinski definition) is 1. The third-order valence-electron chi connectivity index (χ3n) is 6.57. The molecule has 1 N–H and O–H groups in total. The van der Waals surface area contributed by atoms with Crippen molar-refractivity contribution in [1.29, 1.82) is 0 Å². The minimum Gasteiger partial charge on any atom is -0.497 e. The number of ether oxygens (including phenoxy) is 1. The van der Waals surface area contributed by atoms with Gasteiger partial charge < -0.3 is 10.1 Å². The molecule has 166 valence electrons. The van der Waals surface area contributed by atoms with Crippen molar-refractivity contribution in [3.05, 3.63) is 54.6 Å². The number of amides is 1. The molecule has 8 heteroatoms. The zero-order chi connectivity index (χ0) is 22.1. The number of likely N-dealkylation sites (N-methyl/N-ethyl adjacent to an activating group) is 1. The minimum absolute atomic E-state index is 0.00106. The molecule has 31 heavy (non-hydrogen) atoms. The lowest BCUT2D eigenvalue weighted by Gasteiger charge is -2.38. The van der Waals surface area contributed by atoms with Crippen LogP contribution in [0.1, 0.15) is 19.3 Å². The van der Waals surface area contributed by atoms with Crippen LogP contribution in [0.4, 0.5) is 5.69 Å². The van der Waals surface area contributed by atoms with Crippen LogP contribution in [0.2, 0.25) is 0 Å². The van der Waals surface area contributed by atoms with E-state index in [1.54, 1.807) is 35.7 Å². The summed E-state index contributed by atoms with van der Waals surface area (Å²) in [5.74, 6) is 0.629. The van der Waals surface area contributed by atoms with Crippen molar-refractivity contribution >= 4 is 21.6 Å². The van der Waals surface area contributed by atoms with Crippen LogP contribution in [-0.4, -0.2) is 63.4 Å². The molecule has 7 nitrogen and oxygen atoms in total. The van der Waals surface area contributed by atoms with Crippen molar-refractivity contribution in [2.75, 3.05) is 39.1 Å². The van der Waals surface area contributed by atoms with E-state index in [2.05, 4.69) is 10.2 Å². The number of piperidine rings is 1. The van der Waals surface area contributed by atoms with E-state index in [9.17, 15) is 13.2 Å². The smallest absolute Gasteiger partial charge is 0.243 e. The van der Waals surface area contributed by atoms with Gasteiger partial charge in [-0.15, -0.1) is 0 Å². The van der Waals surface area contributed by atoms with Gasteiger partial charge in [0, 0.05) is 25.3 Å². The molecular formula is C23H29N3O4S. The third-order valence-corrected chi connectivity index (χ3v) is 8.48. The average molecular weight is 444 g/mol. The molecule has 2 saturated heterocycles. The number of methoxy groups -OCH3 is 1. The molecule has 1 spiro atoms. The first-order chi connectivity index (χ1) is 14.8. The first-order valence-electron chi connectivity index (χ1n) is 10.5. The zero-order valence-corrected chi connectivity index (χ0v) is 18.8.